The van der Waals surface area contributed by atoms with E-state index in [9.17, 15) is 0 Å². The number of fused-ring (bicyclic) bond motifs is 9. The fraction of sp³-hybridized carbons (Fsp3) is 0.116. The second kappa shape index (κ2) is 16.8. The molecule has 2 atom stereocenters. The Morgan fingerprint density at radius 2 is 0.973 bits per heavy atom. The number of ether oxygens (including phenoxy) is 1. The van der Waals surface area contributed by atoms with Gasteiger partial charge in [-0.2, -0.15) is 0 Å². The van der Waals surface area contributed by atoms with Gasteiger partial charge in [0, 0.05) is 44.5 Å². The van der Waals surface area contributed by atoms with Gasteiger partial charge < -0.3 is 9.64 Å². The zero-order valence-corrected chi connectivity index (χ0v) is 41.8. The molecular weight excluding hydrogens is 901 g/mol. The van der Waals surface area contributed by atoms with Crippen molar-refractivity contribution in [2.24, 2.45) is 0 Å². The molecule has 5 nitrogen and oxygen atoms in total. The number of nitrogens with zero attached hydrogens (tertiary/aromatic N) is 4. The Labute approximate surface area is 432 Å². The molecule has 0 fully saturated rings. The van der Waals surface area contributed by atoms with Gasteiger partial charge in [-0.05, 0) is 110 Å². The minimum Gasteiger partial charge on any atom is -0.461 e. The normalized spacial score (nSPS) is 16.7. The number of anilines is 3. The third-order valence-corrected chi connectivity index (χ3v) is 16.2. The van der Waals surface area contributed by atoms with Gasteiger partial charge in [0.2, 0.25) is 0 Å². The van der Waals surface area contributed by atoms with Crippen molar-refractivity contribution in [2.45, 2.75) is 50.4 Å². The molecule has 0 bridgehead atoms. The van der Waals surface area contributed by atoms with Crippen LogP contribution in [0.25, 0.3) is 67.3 Å². The summed E-state index contributed by atoms with van der Waals surface area (Å²) in [7, 11) is 0. The lowest BCUT2D eigenvalue weighted by Crippen LogP contribution is -2.17. The first kappa shape index (κ1) is 43.8. The molecule has 1 aliphatic heterocycles. The van der Waals surface area contributed by atoms with Crippen LogP contribution in [-0.2, 0) is 10.8 Å². The lowest BCUT2D eigenvalue weighted by atomic mass is 9.81. The van der Waals surface area contributed by atoms with E-state index < -0.39 is 0 Å². The second-order valence-electron chi connectivity index (χ2n) is 21.1. The van der Waals surface area contributed by atoms with Crippen LogP contribution in [0, 0.1) is 0 Å². The van der Waals surface area contributed by atoms with E-state index >= 15 is 0 Å². The quantitative estimate of drug-likeness (QED) is 0.152. The molecule has 4 aliphatic rings. The monoisotopic (exact) mass is 952 g/mol. The number of benzene rings is 9. The van der Waals surface area contributed by atoms with E-state index in [4.69, 9.17) is 19.7 Å². The zero-order chi connectivity index (χ0) is 49.7. The standard InChI is InChI=1S/C69H52N4O/c1-68(2)57-25-14-12-22-53(57)64-58(68)26-16-27-60(64)73(50-38-39-52-51-21-11-13-24-56(51)69(3,4)59(52)42-50)49-36-33-44(34-37-49)43-29-31-45(32-30-43)48-35-40-61-55(41-48)63-54(23-15-28-62(63)74-61)67-71-65(46-17-7-5-8-18-46)70-66(72-67)47-19-9-6-10-20-47/h5-42,54,63H,1-4H3. The van der Waals surface area contributed by atoms with Gasteiger partial charge in [-0.3, -0.25) is 0 Å². The molecular formula is C69H52N4O. The molecule has 2 heterocycles. The van der Waals surface area contributed by atoms with Crippen molar-refractivity contribution < 1.29 is 4.74 Å². The summed E-state index contributed by atoms with van der Waals surface area (Å²) >= 11 is 0. The molecule has 0 amide bonds. The molecule has 0 saturated carbocycles. The predicted molar refractivity (Wildman–Crippen MR) is 301 cm³/mol. The molecule has 10 aromatic rings. The van der Waals surface area contributed by atoms with Crippen LogP contribution in [0.2, 0.25) is 0 Å². The molecule has 0 radical (unpaired) electrons. The van der Waals surface area contributed by atoms with Gasteiger partial charge in [-0.25, -0.2) is 15.0 Å². The number of aromatic nitrogens is 3. The molecule has 14 rings (SSSR count). The highest BCUT2D eigenvalue weighted by Gasteiger charge is 2.41. The molecule has 0 spiro atoms. The van der Waals surface area contributed by atoms with E-state index in [2.05, 4.69) is 227 Å². The van der Waals surface area contributed by atoms with Crippen molar-refractivity contribution >= 4 is 17.1 Å². The Morgan fingerprint density at radius 3 is 1.66 bits per heavy atom. The van der Waals surface area contributed by atoms with E-state index in [-0.39, 0.29) is 22.7 Å². The van der Waals surface area contributed by atoms with Crippen LogP contribution in [0.1, 0.15) is 73.2 Å². The van der Waals surface area contributed by atoms with Gasteiger partial charge in [-0.1, -0.05) is 210 Å². The minimum atomic E-state index is -0.155. The average Bonchev–Trinajstić information content (AvgIpc) is 4.03. The first-order valence-electron chi connectivity index (χ1n) is 25.7. The van der Waals surface area contributed by atoms with E-state index in [0.717, 1.165) is 61.8 Å². The third kappa shape index (κ3) is 6.94. The van der Waals surface area contributed by atoms with E-state index in [1.54, 1.807) is 0 Å². The van der Waals surface area contributed by atoms with Crippen molar-refractivity contribution in [3.63, 3.8) is 0 Å². The summed E-state index contributed by atoms with van der Waals surface area (Å²) in [6.45, 7) is 9.45. The highest BCUT2D eigenvalue weighted by molar-refractivity contribution is 5.96. The molecule has 5 heteroatoms. The molecule has 9 aromatic carbocycles. The third-order valence-electron chi connectivity index (χ3n) is 16.2. The van der Waals surface area contributed by atoms with Crippen molar-refractivity contribution in [1.82, 2.24) is 15.0 Å². The van der Waals surface area contributed by atoms with Crippen molar-refractivity contribution in [2.75, 3.05) is 4.90 Å². The lowest BCUT2D eigenvalue weighted by Gasteiger charge is -2.30. The van der Waals surface area contributed by atoms with Gasteiger partial charge in [0.05, 0.1) is 17.5 Å². The molecule has 0 N–H and O–H groups in total. The summed E-state index contributed by atoms with van der Waals surface area (Å²) in [5, 5.41) is 0. The highest BCUT2D eigenvalue weighted by atomic mass is 16.5. The zero-order valence-electron chi connectivity index (χ0n) is 41.8. The van der Waals surface area contributed by atoms with Crippen LogP contribution in [0.5, 0.6) is 5.75 Å². The Bertz CT molecular complexity index is 3870. The fourth-order valence-corrected chi connectivity index (χ4v) is 12.3. The molecule has 3 aliphatic carbocycles. The molecule has 74 heavy (non-hydrogen) atoms. The molecule has 1 aromatic heterocycles. The summed E-state index contributed by atoms with van der Waals surface area (Å²) in [5.41, 5.74) is 21.5. The summed E-state index contributed by atoms with van der Waals surface area (Å²) in [6.07, 6.45) is 6.35. The van der Waals surface area contributed by atoms with Gasteiger partial charge in [0.1, 0.15) is 17.3 Å². The second-order valence-corrected chi connectivity index (χ2v) is 21.1. The van der Waals surface area contributed by atoms with Crippen LogP contribution in [0.4, 0.5) is 17.1 Å². The maximum Gasteiger partial charge on any atom is 0.163 e. The van der Waals surface area contributed by atoms with E-state index in [1.165, 1.54) is 50.2 Å². The van der Waals surface area contributed by atoms with Crippen molar-refractivity contribution in [3.05, 3.63) is 270 Å². The summed E-state index contributed by atoms with van der Waals surface area (Å²) in [4.78, 5) is 17.7. The van der Waals surface area contributed by atoms with Crippen LogP contribution in [0.3, 0.4) is 0 Å². The van der Waals surface area contributed by atoms with Crippen LogP contribution >= 0.6 is 0 Å². The largest absolute Gasteiger partial charge is 0.461 e. The first-order chi connectivity index (χ1) is 36.2. The van der Waals surface area contributed by atoms with Crippen LogP contribution in [-0.4, -0.2) is 15.0 Å². The van der Waals surface area contributed by atoms with Gasteiger partial charge in [-0.15, -0.1) is 0 Å². The highest BCUT2D eigenvalue weighted by Crippen LogP contribution is 2.56. The summed E-state index contributed by atoms with van der Waals surface area (Å²) in [6, 6.07) is 76.8. The maximum absolute atomic E-state index is 6.57. The molecule has 354 valence electrons. The predicted octanol–water partition coefficient (Wildman–Crippen LogP) is 17.3. The van der Waals surface area contributed by atoms with Crippen LogP contribution in [0.15, 0.2) is 236 Å². The lowest BCUT2D eigenvalue weighted by molar-refractivity contribution is 0.414. The summed E-state index contributed by atoms with van der Waals surface area (Å²) in [5.74, 6) is 3.56. The minimum absolute atomic E-state index is 0.0836. The number of hydrogen-bond donors (Lipinski definition) is 0. The number of allylic oxidation sites excluding steroid dienone is 4. The Kier molecular flexibility index (Phi) is 9.97. The fourth-order valence-electron chi connectivity index (χ4n) is 12.3. The topological polar surface area (TPSA) is 51.1 Å². The van der Waals surface area contributed by atoms with Crippen LogP contribution < -0.4 is 9.64 Å². The maximum atomic E-state index is 6.57. The van der Waals surface area contributed by atoms with Gasteiger partial charge in [0.15, 0.2) is 11.6 Å². The molecule has 2 unspecified atom stereocenters. The SMILES string of the molecule is CC1(C)c2ccccc2-c2ccc(N(c3ccc(-c4ccc(-c5ccc6c(c5)C5C(=CC=CC5c5nc(-c7ccccc7)nc(-c7ccccc7)n5)O6)cc4)cc3)c3cccc4c3-c3ccccc3C4(C)C)cc21. The van der Waals surface area contributed by atoms with E-state index in [1.807, 2.05) is 36.4 Å². The summed E-state index contributed by atoms with van der Waals surface area (Å²) < 4.78 is 6.57. The first-order valence-corrected chi connectivity index (χ1v) is 25.7. The van der Waals surface area contributed by atoms with Crippen molar-refractivity contribution in [3.8, 4) is 73.0 Å². The number of rotatable bonds is 8. The van der Waals surface area contributed by atoms with E-state index in [0.29, 0.717) is 17.5 Å². The Morgan fingerprint density at radius 1 is 0.432 bits per heavy atom. The Balaban J connectivity index is 0.798. The molecule has 0 saturated heterocycles. The van der Waals surface area contributed by atoms with Gasteiger partial charge in [0.25, 0.3) is 0 Å². The number of hydrogen-bond acceptors (Lipinski definition) is 5. The van der Waals surface area contributed by atoms with Crippen molar-refractivity contribution in [1.29, 1.82) is 0 Å². The average molecular weight is 953 g/mol. The van der Waals surface area contributed by atoms with Gasteiger partial charge >= 0.3 is 0 Å². The Hall–Kier alpha value is -8.93. The smallest absolute Gasteiger partial charge is 0.163 e.